The van der Waals surface area contributed by atoms with Gasteiger partial charge in [0, 0.05) is 24.5 Å². The molecule has 3 aromatic rings. The van der Waals surface area contributed by atoms with Crippen LogP contribution in [0.2, 0.25) is 0 Å². The van der Waals surface area contributed by atoms with Crippen LogP contribution in [0.3, 0.4) is 0 Å². The molecule has 8 nitrogen and oxygen atoms in total. The molecule has 0 aliphatic rings. The van der Waals surface area contributed by atoms with Crippen molar-refractivity contribution in [2.75, 3.05) is 5.32 Å². The Labute approximate surface area is 169 Å². The molecule has 0 radical (unpaired) electrons. The molecule has 0 aliphatic carbocycles. The van der Waals surface area contributed by atoms with Crippen molar-refractivity contribution in [3.8, 4) is 0 Å². The van der Waals surface area contributed by atoms with Gasteiger partial charge >= 0.3 is 0 Å². The third-order valence-electron chi connectivity index (χ3n) is 4.75. The number of aromatic nitrogens is 5. The van der Waals surface area contributed by atoms with Crippen molar-refractivity contribution in [2.45, 2.75) is 53.6 Å². The van der Waals surface area contributed by atoms with Gasteiger partial charge in [-0.05, 0) is 38.8 Å². The number of nitrogens with zero attached hydrogens (tertiary/aromatic N) is 5. The topological polar surface area (TPSA) is 94.7 Å². The Hall–Kier alpha value is -3.29. The van der Waals surface area contributed by atoms with E-state index in [-0.39, 0.29) is 17.7 Å². The quantitative estimate of drug-likeness (QED) is 0.665. The summed E-state index contributed by atoms with van der Waals surface area (Å²) in [6, 6.07) is 1.76. The molecule has 0 aromatic carbocycles. The van der Waals surface area contributed by atoms with Gasteiger partial charge in [0.1, 0.15) is 11.4 Å². The van der Waals surface area contributed by atoms with Crippen LogP contribution in [0.5, 0.6) is 0 Å². The number of nitrogens with one attached hydrogen (secondary N) is 1. The van der Waals surface area contributed by atoms with E-state index in [1.165, 1.54) is 4.57 Å². The molecule has 0 unspecified atom stereocenters. The summed E-state index contributed by atoms with van der Waals surface area (Å²) in [6.45, 7) is 8.56. The van der Waals surface area contributed by atoms with Crippen molar-refractivity contribution in [3.63, 3.8) is 0 Å². The second kappa shape index (κ2) is 8.81. The van der Waals surface area contributed by atoms with Gasteiger partial charge in [-0.3, -0.25) is 19.6 Å². The van der Waals surface area contributed by atoms with E-state index in [2.05, 4.69) is 27.3 Å². The number of unbranched alkanes of at least 4 members (excludes halogenated alkanes) is 1. The molecule has 0 saturated heterocycles. The van der Waals surface area contributed by atoms with Crippen molar-refractivity contribution in [1.82, 2.24) is 24.3 Å². The first-order valence-electron chi connectivity index (χ1n) is 9.72. The van der Waals surface area contributed by atoms with Gasteiger partial charge in [-0.25, -0.2) is 4.68 Å². The van der Waals surface area contributed by atoms with E-state index < -0.39 is 5.91 Å². The van der Waals surface area contributed by atoms with Crippen LogP contribution in [0.15, 0.2) is 35.6 Å². The Morgan fingerprint density at radius 2 is 1.90 bits per heavy atom. The Morgan fingerprint density at radius 3 is 2.59 bits per heavy atom. The molecule has 8 heteroatoms. The van der Waals surface area contributed by atoms with Crippen LogP contribution in [0.1, 0.15) is 52.6 Å². The average Bonchev–Trinajstić information content (AvgIpc) is 3.03. The number of hydrogen-bond acceptors (Lipinski definition) is 5. The van der Waals surface area contributed by atoms with Gasteiger partial charge in [0.2, 0.25) is 0 Å². The van der Waals surface area contributed by atoms with Crippen LogP contribution >= 0.6 is 0 Å². The number of carbonyl (C=O) groups excluding carboxylic acids is 1. The normalized spacial score (nSPS) is 10.9. The lowest BCUT2D eigenvalue weighted by Gasteiger charge is -2.13. The lowest BCUT2D eigenvalue weighted by Crippen LogP contribution is -2.31. The van der Waals surface area contributed by atoms with Gasteiger partial charge in [-0.2, -0.15) is 5.10 Å². The number of aryl methyl sites for hydroxylation is 4. The standard InChI is InChI=1S/C21H26N6O2/c1-5-6-8-27-19(15(3)10-24-27)25-20(28)18-14(2)7-9-26(21(18)29)13-17-12-22-16(4)11-23-17/h7,9-12H,5-6,8,13H2,1-4H3,(H,25,28). The van der Waals surface area contributed by atoms with Crippen LogP contribution < -0.4 is 10.9 Å². The highest BCUT2D eigenvalue weighted by Gasteiger charge is 2.19. The van der Waals surface area contributed by atoms with Crippen molar-refractivity contribution in [2.24, 2.45) is 0 Å². The summed E-state index contributed by atoms with van der Waals surface area (Å²) in [6.07, 6.45) is 8.67. The summed E-state index contributed by atoms with van der Waals surface area (Å²) in [5.74, 6) is 0.195. The number of carbonyl (C=O) groups is 1. The molecule has 1 amide bonds. The first-order chi connectivity index (χ1) is 13.9. The van der Waals surface area contributed by atoms with Gasteiger partial charge < -0.3 is 9.88 Å². The van der Waals surface area contributed by atoms with E-state index in [4.69, 9.17) is 0 Å². The fourth-order valence-electron chi connectivity index (χ4n) is 3.03. The van der Waals surface area contributed by atoms with Gasteiger partial charge in [0.25, 0.3) is 11.5 Å². The second-order valence-corrected chi connectivity index (χ2v) is 7.16. The maximum absolute atomic E-state index is 13.0. The molecule has 0 bridgehead atoms. The predicted octanol–water partition coefficient (Wildman–Crippen LogP) is 2.86. The van der Waals surface area contributed by atoms with Crippen LogP contribution in [0.4, 0.5) is 5.82 Å². The zero-order chi connectivity index (χ0) is 21.0. The molecule has 3 heterocycles. The van der Waals surface area contributed by atoms with Crippen molar-refractivity contribution in [3.05, 3.63) is 69.3 Å². The van der Waals surface area contributed by atoms with Crippen LogP contribution in [0.25, 0.3) is 0 Å². The fraction of sp³-hybridized carbons (Fsp3) is 0.381. The van der Waals surface area contributed by atoms with Crippen molar-refractivity contribution in [1.29, 1.82) is 0 Å². The zero-order valence-corrected chi connectivity index (χ0v) is 17.3. The molecule has 3 rings (SSSR count). The number of anilines is 1. The van der Waals surface area contributed by atoms with E-state index in [1.54, 1.807) is 42.5 Å². The third-order valence-corrected chi connectivity index (χ3v) is 4.75. The molecule has 1 N–H and O–H groups in total. The molecule has 29 heavy (non-hydrogen) atoms. The molecule has 152 valence electrons. The summed E-state index contributed by atoms with van der Waals surface area (Å²) in [5.41, 5.74) is 2.70. The van der Waals surface area contributed by atoms with E-state index >= 15 is 0 Å². The summed E-state index contributed by atoms with van der Waals surface area (Å²) in [7, 11) is 0. The molecule has 0 saturated carbocycles. The van der Waals surface area contributed by atoms with Crippen molar-refractivity contribution >= 4 is 11.7 Å². The minimum atomic E-state index is -0.432. The summed E-state index contributed by atoms with van der Waals surface area (Å²) in [5, 5.41) is 7.21. The maximum Gasteiger partial charge on any atom is 0.264 e. The Morgan fingerprint density at radius 1 is 1.10 bits per heavy atom. The molecule has 3 aromatic heterocycles. The number of hydrogen-bond donors (Lipinski definition) is 1. The zero-order valence-electron chi connectivity index (χ0n) is 17.3. The first kappa shape index (κ1) is 20.4. The third kappa shape index (κ3) is 4.59. The maximum atomic E-state index is 13.0. The summed E-state index contributed by atoms with van der Waals surface area (Å²) < 4.78 is 3.25. The molecule has 0 fully saturated rings. The highest BCUT2D eigenvalue weighted by Crippen LogP contribution is 2.16. The first-order valence-corrected chi connectivity index (χ1v) is 9.72. The van der Waals surface area contributed by atoms with E-state index in [0.29, 0.717) is 23.6 Å². The SMILES string of the molecule is CCCCn1ncc(C)c1NC(=O)c1c(C)ccn(Cc2cnc(C)cn2)c1=O. The van der Waals surface area contributed by atoms with E-state index in [9.17, 15) is 9.59 Å². The average molecular weight is 394 g/mol. The smallest absolute Gasteiger partial charge is 0.264 e. The molecule has 0 aliphatic heterocycles. The highest BCUT2D eigenvalue weighted by atomic mass is 16.2. The molecule has 0 atom stereocenters. The summed E-state index contributed by atoms with van der Waals surface area (Å²) >= 11 is 0. The highest BCUT2D eigenvalue weighted by molar-refractivity contribution is 6.04. The lowest BCUT2D eigenvalue weighted by atomic mass is 10.1. The van der Waals surface area contributed by atoms with Gasteiger partial charge in [0.05, 0.1) is 30.3 Å². The molecular formula is C21H26N6O2. The minimum Gasteiger partial charge on any atom is -0.309 e. The van der Waals surface area contributed by atoms with Gasteiger partial charge in [0.15, 0.2) is 0 Å². The lowest BCUT2D eigenvalue weighted by molar-refractivity contribution is 0.102. The van der Waals surface area contributed by atoms with Gasteiger partial charge in [-0.1, -0.05) is 13.3 Å². The Bertz CT molecular complexity index is 1070. The summed E-state index contributed by atoms with van der Waals surface area (Å²) in [4.78, 5) is 34.5. The second-order valence-electron chi connectivity index (χ2n) is 7.16. The fourth-order valence-corrected chi connectivity index (χ4v) is 3.03. The van der Waals surface area contributed by atoms with E-state index in [1.807, 2.05) is 13.8 Å². The number of amides is 1. The van der Waals surface area contributed by atoms with Crippen molar-refractivity contribution < 1.29 is 4.79 Å². The van der Waals surface area contributed by atoms with Crippen LogP contribution in [-0.4, -0.2) is 30.2 Å². The Balaban J connectivity index is 1.88. The number of rotatable bonds is 7. The van der Waals surface area contributed by atoms with Crippen LogP contribution in [-0.2, 0) is 13.1 Å². The van der Waals surface area contributed by atoms with E-state index in [0.717, 1.165) is 24.1 Å². The molecular weight excluding hydrogens is 368 g/mol. The van der Waals surface area contributed by atoms with Crippen LogP contribution in [0, 0.1) is 20.8 Å². The number of pyridine rings is 1. The Kier molecular flexibility index (Phi) is 6.21. The minimum absolute atomic E-state index is 0.121. The predicted molar refractivity (Wildman–Crippen MR) is 111 cm³/mol. The molecule has 0 spiro atoms. The van der Waals surface area contributed by atoms with Gasteiger partial charge in [-0.15, -0.1) is 0 Å². The largest absolute Gasteiger partial charge is 0.309 e. The monoisotopic (exact) mass is 394 g/mol.